The van der Waals surface area contributed by atoms with Crippen molar-refractivity contribution >= 4 is 28.5 Å². The van der Waals surface area contributed by atoms with Gasteiger partial charge in [0, 0.05) is 24.2 Å². The Morgan fingerprint density at radius 3 is 2.79 bits per heavy atom. The zero-order chi connectivity index (χ0) is 19.5. The number of benzene rings is 2. The van der Waals surface area contributed by atoms with Gasteiger partial charge in [-0.3, -0.25) is 4.79 Å². The molecule has 1 aromatic heterocycles. The van der Waals surface area contributed by atoms with E-state index in [-0.39, 0.29) is 25.1 Å². The average molecular weight is 399 g/mol. The molecule has 1 aliphatic heterocycles. The average Bonchev–Trinajstić information content (AvgIpc) is 3.05. The Hall–Kier alpha value is -2.57. The lowest BCUT2D eigenvalue weighted by atomic mass is 10.1. The summed E-state index contributed by atoms with van der Waals surface area (Å²) in [5.74, 6) is 1.48. The number of hydrogen-bond donors (Lipinski definition) is 1. The van der Waals surface area contributed by atoms with Gasteiger partial charge in [0.15, 0.2) is 0 Å². The molecule has 0 saturated carbocycles. The van der Waals surface area contributed by atoms with Crippen molar-refractivity contribution in [1.29, 1.82) is 0 Å². The molecule has 3 aromatic rings. The Bertz CT molecular complexity index is 970. The third kappa shape index (κ3) is 4.13. The molecule has 7 heteroatoms. The molecule has 2 heterocycles. The summed E-state index contributed by atoms with van der Waals surface area (Å²) in [7, 11) is 0. The number of amides is 1. The molecular weight excluding hydrogens is 376 g/mol. The fourth-order valence-corrected chi connectivity index (χ4v) is 3.69. The molecule has 6 nitrogen and oxygen atoms in total. The largest absolute Gasteiger partial charge is 0.486 e. The van der Waals surface area contributed by atoms with E-state index in [1.165, 1.54) is 0 Å². The quantitative estimate of drug-likeness (QED) is 0.716. The summed E-state index contributed by atoms with van der Waals surface area (Å²) < 4.78 is 7.81. The number of nitrogens with two attached hydrogens (primary N) is 1. The number of ether oxygens (including phenoxy) is 1. The fraction of sp³-hybridized carbons (Fsp3) is 0.333. The van der Waals surface area contributed by atoms with Gasteiger partial charge in [0.05, 0.1) is 11.0 Å². The Morgan fingerprint density at radius 2 is 2.00 bits per heavy atom. The molecule has 1 amide bonds. The van der Waals surface area contributed by atoms with Crippen LogP contribution in [-0.4, -0.2) is 39.5 Å². The van der Waals surface area contributed by atoms with Crippen molar-refractivity contribution in [2.75, 3.05) is 13.1 Å². The predicted molar refractivity (Wildman–Crippen MR) is 109 cm³/mol. The van der Waals surface area contributed by atoms with E-state index in [9.17, 15) is 4.79 Å². The lowest BCUT2D eigenvalue weighted by molar-refractivity contribution is -0.133. The van der Waals surface area contributed by atoms with Crippen molar-refractivity contribution in [3.05, 3.63) is 59.4 Å². The van der Waals surface area contributed by atoms with Gasteiger partial charge in [-0.15, -0.1) is 0 Å². The second kappa shape index (κ2) is 8.20. The number of piperidine rings is 1. The molecule has 4 rings (SSSR count). The molecule has 1 fully saturated rings. The maximum Gasteiger partial charge on any atom is 0.242 e. The molecule has 146 valence electrons. The summed E-state index contributed by atoms with van der Waals surface area (Å²) in [5, 5.41) is 0.657. The highest BCUT2D eigenvalue weighted by Gasteiger charge is 2.23. The molecule has 0 bridgehead atoms. The molecule has 0 radical (unpaired) electrons. The summed E-state index contributed by atoms with van der Waals surface area (Å²) in [6, 6.07) is 15.1. The first kappa shape index (κ1) is 18.8. The number of imidazole rings is 1. The minimum Gasteiger partial charge on any atom is -0.486 e. The van der Waals surface area contributed by atoms with Crippen LogP contribution in [-0.2, 0) is 17.9 Å². The van der Waals surface area contributed by atoms with E-state index in [0.29, 0.717) is 23.1 Å². The third-order valence-corrected chi connectivity index (χ3v) is 5.27. The summed E-state index contributed by atoms with van der Waals surface area (Å²) in [6.07, 6.45) is 1.92. The summed E-state index contributed by atoms with van der Waals surface area (Å²) in [5.41, 5.74) is 7.81. The van der Waals surface area contributed by atoms with E-state index >= 15 is 0 Å². The number of carbonyl (C=O) groups excluding carboxylic acids is 1. The highest BCUT2D eigenvalue weighted by Crippen LogP contribution is 2.20. The highest BCUT2D eigenvalue weighted by atomic mass is 35.5. The standard InChI is InChI=1S/C21H23ClN4O2/c22-15-7-9-17(10-8-15)28-14-20-24-18-5-1-2-6-19(18)26(20)13-21(27)25-11-3-4-16(23)12-25/h1-2,5-10,16H,3-4,11-14,23H2/t16-/m0/s1. The van der Waals surface area contributed by atoms with Gasteiger partial charge in [0.1, 0.15) is 24.7 Å². The van der Waals surface area contributed by atoms with Crippen LogP contribution in [0.5, 0.6) is 5.75 Å². The Morgan fingerprint density at radius 1 is 1.21 bits per heavy atom. The number of hydrogen-bond acceptors (Lipinski definition) is 4. The highest BCUT2D eigenvalue weighted by molar-refractivity contribution is 6.30. The minimum absolute atomic E-state index is 0.0601. The zero-order valence-electron chi connectivity index (χ0n) is 15.6. The smallest absolute Gasteiger partial charge is 0.242 e. The maximum atomic E-state index is 12.9. The first-order chi connectivity index (χ1) is 13.6. The Kier molecular flexibility index (Phi) is 5.50. The zero-order valence-corrected chi connectivity index (χ0v) is 16.3. The van der Waals surface area contributed by atoms with Gasteiger partial charge in [-0.05, 0) is 49.2 Å². The van der Waals surface area contributed by atoms with Crippen molar-refractivity contribution in [3.8, 4) is 5.75 Å². The topological polar surface area (TPSA) is 73.4 Å². The van der Waals surface area contributed by atoms with Crippen molar-refractivity contribution in [2.24, 2.45) is 5.73 Å². The van der Waals surface area contributed by atoms with Crippen molar-refractivity contribution in [1.82, 2.24) is 14.5 Å². The van der Waals surface area contributed by atoms with E-state index in [0.717, 1.165) is 30.4 Å². The van der Waals surface area contributed by atoms with Crippen LogP contribution >= 0.6 is 11.6 Å². The van der Waals surface area contributed by atoms with Crippen molar-refractivity contribution < 1.29 is 9.53 Å². The van der Waals surface area contributed by atoms with E-state index in [1.54, 1.807) is 12.1 Å². The predicted octanol–water partition coefficient (Wildman–Crippen LogP) is 3.22. The number of likely N-dealkylation sites (tertiary alicyclic amines) is 1. The number of carbonyl (C=O) groups is 1. The van der Waals surface area contributed by atoms with Crippen molar-refractivity contribution in [2.45, 2.75) is 32.0 Å². The Balaban J connectivity index is 1.56. The number of rotatable bonds is 5. The molecule has 1 atom stereocenters. The van der Waals surface area contributed by atoms with Crippen LogP contribution in [0.4, 0.5) is 0 Å². The minimum atomic E-state index is 0.0601. The maximum absolute atomic E-state index is 12.9. The van der Waals surface area contributed by atoms with E-state index in [4.69, 9.17) is 22.1 Å². The van der Waals surface area contributed by atoms with Crippen LogP contribution in [0.3, 0.4) is 0 Å². The first-order valence-electron chi connectivity index (χ1n) is 9.46. The van der Waals surface area contributed by atoms with Gasteiger partial charge in [-0.25, -0.2) is 4.98 Å². The molecule has 28 heavy (non-hydrogen) atoms. The van der Waals surface area contributed by atoms with Gasteiger partial charge in [-0.2, -0.15) is 0 Å². The van der Waals surface area contributed by atoms with E-state index in [1.807, 2.05) is 45.9 Å². The SMILES string of the molecule is N[C@H]1CCCN(C(=O)Cn2c(COc3ccc(Cl)cc3)nc3ccccc32)C1. The number of nitrogens with zero attached hydrogens (tertiary/aromatic N) is 3. The molecule has 1 saturated heterocycles. The van der Waals surface area contributed by atoms with Crippen LogP contribution in [0.1, 0.15) is 18.7 Å². The van der Waals surface area contributed by atoms with Gasteiger partial charge < -0.3 is 19.9 Å². The second-order valence-corrected chi connectivity index (χ2v) is 7.52. The van der Waals surface area contributed by atoms with Crippen LogP contribution in [0, 0.1) is 0 Å². The lowest BCUT2D eigenvalue weighted by Crippen LogP contribution is -2.46. The molecule has 2 aromatic carbocycles. The van der Waals surface area contributed by atoms with E-state index < -0.39 is 0 Å². The fourth-order valence-electron chi connectivity index (χ4n) is 3.56. The van der Waals surface area contributed by atoms with Crippen LogP contribution in [0.2, 0.25) is 5.02 Å². The molecular formula is C21H23ClN4O2. The number of fused-ring (bicyclic) bond motifs is 1. The number of aromatic nitrogens is 2. The third-order valence-electron chi connectivity index (χ3n) is 5.02. The van der Waals surface area contributed by atoms with Gasteiger partial charge >= 0.3 is 0 Å². The second-order valence-electron chi connectivity index (χ2n) is 7.09. The van der Waals surface area contributed by atoms with Gasteiger partial charge in [-0.1, -0.05) is 23.7 Å². The van der Waals surface area contributed by atoms with Crippen LogP contribution in [0.15, 0.2) is 48.5 Å². The van der Waals surface area contributed by atoms with Gasteiger partial charge in [0.2, 0.25) is 5.91 Å². The van der Waals surface area contributed by atoms with Crippen LogP contribution < -0.4 is 10.5 Å². The summed E-state index contributed by atoms with van der Waals surface area (Å²) >= 11 is 5.93. The van der Waals surface area contributed by atoms with Gasteiger partial charge in [0.25, 0.3) is 0 Å². The molecule has 0 aliphatic carbocycles. The summed E-state index contributed by atoms with van der Waals surface area (Å²) in [4.78, 5) is 19.4. The molecule has 2 N–H and O–H groups in total. The Labute approximate surface area is 168 Å². The summed E-state index contributed by atoms with van der Waals surface area (Å²) in [6.45, 7) is 1.87. The van der Waals surface area contributed by atoms with Crippen LogP contribution in [0.25, 0.3) is 11.0 Å². The number of halogens is 1. The monoisotopic (exact) mass is 398 g/mol. The molecule has 1 aliphatic rings. The molecule has 0 spiro atoms. The lowest BCUT2D eigenvalue weighted by Gasteiger charge is -2.31. The first-order valence-corrected chi connectivity index (χ1v) is 9.84. The molecule has 0 unspecified atom stereocenters. The normalized spacial score (nSPS) is 17.1. The van der Waals surface area contributed by atoms with Crippen molar-refractivity contribution in [3.63, 3.8) is 0 Å². The van der Waals surface area contributed by atoms with E-state index in [2.05, 4.69) is 4.98 Å². The number of para-hydroxylation sites is 2.